The standard InChI is InChI=1S/C12H6BrCl2N3O3/c13-8-4-6(5-16-11(8)15)17-12(19)7-2-1-3-9(14)10(7)18(20)21/h1-5H,(H,17,19). The lowest BCUT2D eigenvalue weighted by molar-refractivity contribution is -0.385. The molecule has 1 aromatic carbocycles. The minimum atomic E-state index is -0.701. The van der Waals surface area contributed by atoms with Gasteiger partial charge >= 0.3 is 5.69 Å². The molecule has 2 rings (SSSR count). The summed E-state index contributed by atoms with van der Waals surface area (Å²) in [7, 11) is 0. The van der Waals surface area contributed by atoms with E-state index in [9.17, 15) is 14.9 Å². The highest BCUT2D eigenvalue weighted by Crippen LogP contribution is 2.29. The number of nitrogens with one attached hydrogen (secondary N) is 1. The van der Waals surface area contributed by atoms with Crippen molar-refractivity contribution in [3.05, 3.63) is 60.8 Å². The van der Waals surface area contributed by atoms with E-state index in [4.69, 9.17) is 23.2 Å². The second-order valence-corrected chi connectivity index (χ2v) is 5.46. The minimum absolute atomic E-state index is 0.108. The van der Waals surface area contributed by atoms with Crippen molar-refractivity contribution in [2.24, 2.45) is 0 Å². The highest BCUT2D eigenvalue weighted by Gasteiger charge is 2.23. The summed E-state index contributed by atoms with van der Waals surface area (Å²) in [5.74, 6) is -0.666. The quantitative estimate of drug-likeness (QED) is 0.480. The summed E-state index contributed by atoms with van der Waals surface area (Å²) in [4.78, 5) is 26.3. The van der Waals surface area contributed by atoms with E-state index in [1.165, 1.54) is 30.5 Å². The smallest absolute Gasteiger partial charge is 0.300 e. The van der Waals surface area contributed by atoms with Crippen LogP contribution in [0.15, 0.2) is 34.9 Å². The fourth-order valence-corrected chi connectivity index (χ4v) is 2.27. The number of para-hydroxylation sites is 1. The molecule has 0 atom stereocenters. The van der Waals surface area contributed by atoms with E-state index in [0.29, 0.717) is 10.2 Å². The van der Waals surface area contributed by atoms with Crippen molar-refractivity contribution in [3.8, 4) is 0 Å². The van der Waals surface area contributed by atoms with Gasteiger partial charge in [-0.1, -0.05) is 29.3 Å². The van der Waals surface area contributed by atoms with E-state index in [-0.39, 0.29) is 15.7 Å². The van der Waals surface area contributed by atoms with Crippen molar-refractivity contribution in [1.82, 2.24) is 4.98 Å². The van der Waals surface area contributed by atoms with Gasteiger partial charge in [0.2, 0.25) is 0 Å². The predicted octanol–water partition coefficient (Wildman–Crippen LogP) is 4.31. The highest BCUT2D eigenvalue weighted by atomic mass is 79.9. The van der Waals surface area contributed by atoms with Crippen LogP contribution in [0.2, 0.25) is 10.2 Å². The number of aromatic nitrogens is 1. The van der Waals surface area contributed by atoms with Gasteiger partial charge < -0.3 is 5.32 Å². The number of hydrogen-bond acceptors (Lipinski definition) is 4. The first-order valence-corrected chi connectivity index (χ1v) is 7.00. The average Bonchev–Trinajstić information content (AvgIpc) is 2.42. The SMILES string of the molecule is O=C(Nc1cnc(Cl)c(Br)c1)c1cccc(Cl)c1[N+](=O)[O-]. The maximum atomic E-state index is 12.1. The van der Waals surface area contributed by atoms with Gasteiger partial charge in [-0.25, -0.2) is 4.98 Å². The molecule has 0 fully saturated rings. The van der Waals surface area contributed by atoms with Gasteiger partial charge in [0.1, 0.15) is 15.7 Å². The number of carbonyl (C=O) groups is 1. The third kappa shape index (κ3) is 3.49. The molecular weight excluding hydrogens is 385 g/mol. The Morgan fingerprint density at radius 1 is 1.38 bits per heavy atom. The van der Waals surface area contributed by atoms with E-state index in [0.717, 1.165) is 0 Å². The van der Waals surface area contributed by atoms with Gasteiger partial charge in [0.05, 0.1) is 21.3 Å². The van der Waals surface area contributed by atoms with Crippen LogP contribution >= 0.6 is 39.1 Å². The normalized spacial score (nSPS) is 10.2. The zero-order chi connectivity index (χ0) is 15.6. The largest absolute Gasteiger partial charge is 0.320 e. The molecule has 21 heavy (non-hydrogen) atoms. The number of pyridine rings is 1. The van der Waals surface area contributed by atoms with Crippen molar-refractivity contribution in [3.63, 3.8) is 0 Å². The first kappa shape index (κ1) is 15.7. The van der Waals surface area contributed by atoms with Crippen LogP contribution in [0.25, 0.3) is 0 Å². The molecule has 2 aromatic rings. The number of nitro benzene ring substituents is 1. The summed E-state index contributed by atoms with van der Waals surface area (Å²) in [5.41, 5.74) is -0.248. The van der Waals surface area contributed by atoms with E-state index in [1.807, 2.05) is 0 Å². The molecule has 0 aliphatic heterocycles. The highest BCUT2D eigenvalue weighted by molar-refractivity contribution is 9.10. The maximum absolute atomic E-state index is 12.1. The van der Waals surface area contributed by atoms with Crippen molar-refractivity contribution >= 4 is 56.4 Å². The number of benzene rings is 1. The van der Waals surface area contributed by atoms with Gasteiger partial charge in [0, 0.05) is 0 Å². The zero-order valence-corrected chi connectivity index (χ0v) is 13.2. The minimum Gasteiger partial charge on any atom is -0.320 e. The molecule has 0 saturated heterocycles. The maximum Gasteiger partial charge on any atom is 0.300 e. The van der Waals surface area contributed by atoms with Gasteiger partial charge in [0.25, 0.3) is 5.91 Å². The van der Waals surface area contributed by atoms with E-state index in [2.05, 4.69) is 26.2 Å². The van der Waals surface area contributed by atoms with Crippen LogP contribution in [0.4, 0.5) is 11.4 Å². The Hall–Kier alpha value is -1.70. The van der Waals surface area contributed by atoms with Crippen molar-refractivity contribution in [1.29, 1.82) is 0 Å². The summed E-state index contributed by atoms with van der Waals surface area (Å²) >= 11 is 14.7. The van der Waals surface area contributed by atoms with Gasteiger partial charge in [-0.3, -0.25) is 14.9 Å². The molecule has 1 N–H and O–H groups in total. The number of nitro groups is 1. The molecule has 0 aliphatic carbocycles. The first-order valence-electron chi connectivity index (χ1n) is 5.45. The number of anilines is 1. The average molecular weight is 391 g/mol. The monoisotopic (exact) mass is 389 g/mol. The molecular formula is C12H6BrCl2N3O3. The van der Waals surface area contributed by atoms with Gasteiger partial charge in [-0.05, 0) is 34.1 Å². The molecule has 0 saturated carbocycles. The molecule has 9 heteroatoms. The number of hydrogen-bond donors (Lipinski definition) is 1. The molecule has 6 nitrogen and oxygen atoms in total. The fourth-order valence-electron chi connectivity index (χ4n) is 1.57. The summed E-state index contributed by atoms with van der Waals surface area (Å²) in [5, 5.41) is 13.6. The number of halogens is 3. The third-order valence-electron chi connectivity index (χ3n) is 2.47. The Morgan fingerprint density at radius 3 is 2.71 bits per heavy atom. The Morgan fingerprint density at radius 2 is 2.10 bits per heavy atom. The Kier molecular flexibility index (Phi) is 4.76. The van der Waals surface area contributed by atoms with Crippen LogP contribution in [-0.4, -0.2) is 15.8 Å². The second kappa shape index (κ2) is 6.38. The van der Waals surface area contributed by atoms with Crippen LogP contribution in [-0.2, 0) is 0 Å². The number of carbonyl (C=O) groups excluding carboxylic acids is 1. The Balaban J connectivity index is 2.35. The molecule has 1 amide bonds. The van der Waals surface area contributed by atoms with Crippen LogP contribution in [0.1, 0.15) is 10.4 Å². The zero-order valence-electron chi connectivity index (χ0n) is 10.1. The van der Waals surface area contributed by atoms with E-state index in [1.54, 1.807) is 0 Å². The van der Waals surface area contributed by atoms with Crippen molar-refractivity contribution < 1.29 is 9.72 Å². The van der Waals surface area contributed by atoms with E-state index >= 15 is 0 Å². The topological polar surface area (TPSA) is 85.1 Å². The Labute approximate surface area is 137 Å². The Bertz CT molecular complexity index is 740. The number of rotatable bonds is 3. The van der Waals surface area contributed by atoms with Crippen LogP contribution in [0.3, 0.4) is 0 Å². The molecule has 0 spiro atoms. The lowest BCUT2D eigenvalue weighted by atomic mass is 10.1. The summed E-state index contributed by atoms with van der Waals surface area (Å²) in [6.45, 7) is 0. The second-order valence-electron chi connectivity index (χ2n) is 3.84. The molecule has 108 valence electrons. The number of nitrogens with zero attached hydrogens (tertiary/aromatic N) is 2. The first-order chi connectivity index (χ1) is 9.90. The predicted molar refractivity (Wildman–Crippen MR) is 83.0 cm³/mol. The van der Waals surface area contributed by atoms with Gasteiger partial charge in [-0.2, -0.15) is 0 Å². The summed E-state index contributed by atoms with van der Waals surface area (Å²) < 4.78 is 0.488. The number of amides is 1. The lowest BCUT2D eigenvalue weighted by Crippen LogP contribution is -2.14. The van der Waals surface area contributed by atoms with Crippen molar-refractivity contribution in [2.45, 2.75) is 0 Å². The van der Waals surface area contributed by atoms with Crippen LogP contribution in [0, 0.1) is 10.1 Å². The molecule has 0 unspecified atom stereocenters. The summed E-state index contributed by atoms with van der Waals surface area (Å²) in [6.07, 6.45) is 1.33. The van der Waals surface area contributed by atoms with E-state index < -0.39 is 16.5 Å². The lowest BCUT2D eigenvalue weighted by Gasteiger charge is -2.07. The van der Waals surface area contributed by atoms with Crippen molar-refractivity contribution in [2.75, 3.05) is 5.32 Å². The summed E-state index contributed by atoms with van der Waals surface area (Å²) in [6, 6.07) is 5.65. The van der Waals surface area contributed by atoms with Gasteiger partial charge in [0.15, 0.2) is 0 Å². The fraction of sp³-hybridized carbons (Fsp3) is 0. The molecule has 0 radical (unpaired) electrons. The molecule has 0 aliphatic rings. The molecule has 1 aromatic heterocycles. The third-order valence-corrected chi connectivity index (χ3v) is 3.91. The van der Waals surface area contributed by atoms with Crippen LogP contribution < -0.4 is 5.32 Å². The van der Waals surface area contributed by atoms with Gasteiger partial charge in [-0.15, -0.1) is 0 Å². The van der Waals surface area contributed by atoms with Crippen LogP contribution in [0.5, 0.6) is 0 Å². The molecule has 1 heterocycles. The molecule has 0 bridgehead atoms.